The van der Waals surface area contributed by atoms with Crippen LogP contribution in [0.5, 0.6) is 0 Å². The molecule has 0 unspecified atom stereocenters. The van der Waals surface area contributed by atoms with Gasteiger partial charge >= 0.3 is 0 Å². The fraction of sp³-hybridized carbons (Fsp3) is 0.625. The standard InChI is InChI=1S/C16H22O2/c1-11-8-9-14-15(17-11)10-12(2)18-16(14)13-6-4-3-5-7-13/h3-7,11-12,14-16H,8-10H2,1-2H3/t11-,12+,14-,15+,16+/m0/s1. The van der Waals surface area contributed by atoms with Crippen molar-refractivity contribution < 1.29 is 9.47 Å². The highest BCUT2D eigenvalue weighted by molar-refractivity contribution is 5.19. The zero-order valence-corrected chi connectivity index (χ0v) is 11.2. The molecule has 5 atom stereocenters. The van der Waals surface area contributed by atoms with E-state index in [1.54, 1.807) is 0 Å². The summed E-state index contributed by atoms with van der Waals surface area (Å²) in [5.41, 5.74) is 1.30. The minimum atomic E-state index is 0.215. The van der Waals surface area contributed by atoms with Crippen LogP contribution in [0.2, 0.25) is 0 Å². The predicted octanol–water partition coefficient (Wildman–Crippen LogP) is 3.72. The zero-order valence-electron chi connectivity index (χ0n) is 11.2. The van der Waals surface area contributed by atoms with E-state index in [9.17, 15) is 0 Å². The SMILES string of the molecule is C[C@@H]1C[C@H]2O[C@@H](C)CC[C@@H]2[C@@H](c2ccccc2)O1. The van der Waals surface area contributed by atoms with Gasteiger partial charge < -0.3 is 9.47 Å². The van der Waals surface area contributed by atoms with E-state index < -0.39 is 0 Å². The Balaban J connectivity index is 1.84. The molecular weight excluding hydrogens is 224 g/mol. The van der Waals surface area contributed by atoms with E-state index >= 15 is 0 Å². The molecule has 0 amide bonds. The highest BCUT2D eigenvalue weighted by atomic mass is 16.5. The van der Waals surface area contributed by atoms with E-state index in [2.05, 4.69) is 44.2 Å². The summed E-state index contributed by atoms with van der Waals surface area (Å²) in [6, 6.07) is 10.6. The summed E-state index contributed by atoms with van der Waals surface area (Å²) < 4.78 is 12.3. The molecule has 2 aliphatic rings. The lowest BCUT2D eigenvalue weighted by Crippen LogP contribution is -2.44. The molecule has 0 radical (unpaired) electrons. The molecule has 0 saturated carbocycles. The highest BCUT2D eigenvalue weighted by Crippen LogP contribution is 2.43. The van der Waals surface area contributed by atoms with E-state index in [1.807, 2.05) is 0 Å². The van der Waals surface area contributed by atoms with Crippen molar-refractivity contribution in [2.75, 3.05) is 0 Å². The first kappa shape index (κ1) is 12.2. The van der Waals surface area contributed by atoms with Gasteiger partial charge in [-0.15, -0.1) is 0 Å². The molecule has 18 heavy (non-hydrogen) atoms. The molecule has 0 bridgehead atoms. The van der Waals surface area contributed by atoms with Crippen LogP contribution in [0.25, 0.3) is 0 Å². The summed E-state index contributed by atoms with van der Waals surface area (Å²) in [5.74, 6) is 0.528. The Bertz CT molecular complexity index is 387. The van der Waals surface area contributed by atoms with Crippen LogP contribution in [-0.4, -0.2) is 18.3 Å². The number of hydrogen-bond donors (Lipinski definition) is 0. The van der Waals surface area contributed by atoms with Crippen LogP contribution in [0.4, 0.5) is 0 Å². The second-order valence-corrected chi connectivity index (χ2v) is 5.74. The van der Waals surface area contributed by atoms with E-state index in [1.165, 1.54) is 12.0 Å². The maximum atomic E-state index is 6.20. The fourth-order valence-electron chi connectivity index (χ4n) is 3.36. The maximum absolute atomic E-state index is 6.20. The molecule has 0 aromatic heterocycles. The lowest BCUT2D eigenvalue weighted by molar-refractivity contribution is -0.188. The van der Waals surface area contributed by atoms with Crippen LogP contribution in [-0.2, 0) is 9.47 Å². The summed E-state index contributed by atoms with van der Waals surface area (Å²) >= 11 is 0. The molecule has 2 nitrogen and oxygen atoms in total. The molecule has 1 aromatic carbocycles. The van der Waals surface area contributed by atoms with Crippen LogP contribution in [0.1, 0.15) is 44.8 Å². The van der Waals surface area contributed by atoms with E-state index in [4.69, 9.17) is 9.47 Å². The second kappa shape index (κ2) is 5.02. The van der Waals surface area contributed by atoms with Crippen LogP contribution in [0.3, 0.4) is 0 Å². The third-order valence-corrected chi connectivity index (χ3v) is 4.25. The molecule has 1 aromatic rings. The van der Waals surface area contributed by atoms with Gasteiger partial charge in [-0.2, -0.15) is 0 Å². The minimum absolute atomic E-state index is 0.215. The van der Waals surface area contributed by atoms with Gasteiger partial charge in [0.25, 0.3) is 0 Å². The predicted molar refractivity (Wildman–Crippen MR) is 71.4 cm³/mol. The Kier molecular flexibility index (Phi) is 3.40. The third kappa shape index (κ3) is 2.32. The molecule has 2 saturated heterocycles. The average molecular weight is 246 g/mol. The minimum Gasteiger partial charge on any atom is -0.375 e. The van der Waals surface area contributed by atoms with Crippen LogP contribution >= 0.6 is 0 Å². The lowest BCUT2D eigenvalue weighted by Gasteiger charge is -2.45. The van der Waals surface area contributed by atoms with Crippen molar-refractivity contribution in [2.24, 2.45) is 5.92 Å². The Morgan fingerprint density at radius 3 is 2.50 bits per heavy atom. The molecule has 2 heterocycles. The first-order valence-electron chi connectivity index (χ1n) is 7.10. The van der Waals surface area contributed by atoms with Crippen molar-refractivity contribution >= 4 is 0 Å². The summed E-state index contributed by atoms with van der Waals surface area (Å²) in [4.78, 5) is 0. The summed E-state index contributed by atoms with van der Waals surface area (Å²) in [6.07, 6.45) is 4.71. The molecule has 98 valence electrons. The zero-order chi connectivity index (χ0) is 12.5. The third-order valence-electron chi connectivity index (χ3n) is 4.25. The molecular formula is C16H22O2. The lowest BCUT2D eigenvalue weighted by atomic mass is 9.80. The largest absolute Gasteiger partial charge is 0.375 e. The quantitative estimate of drug-likeness (QED) is 0.752. The normalized spacial score (nSPS) is 40.2. The van der Waals surface area contributed by atoms with E-state index in [-0.39, 0.29) is 6.10 Å². The number of fused-ring (bicyclic) bond motifs is 1. The number of benzene rings is 1. The van der Waals surface area contributed by atoms with Crippen molar-refractivity contribution in [3.05, 3.63) is 35.9 Å². The van der Waals surface area contributed by atoms with Gasteiger partial charge in [-0.25, -0.2) is 0 Å². The van der Waals surface area contributed by atoms with E-state index in [0.29, 0.717) is 24.2 Å². The van der Waals surface area contributed by atoms with Crippen molar-refractivity contribution in [1.29, 1.82) is 0 Å². The molecule has 2 fully saturated rings. The first-order chi connectivity index (χ1) is 8.74. The second-order valence-electron chi connectivity index (χ2n) is 5.74. The van der Waals surface area contributed by atoms with Gasteiger partial charge in [0.05, 0.1) is 24.4 Å². The van der Waals surface area contributed by atoms with Crippen molar-refractivity contribution in [3.8, 4) is 0 Å². The van der Waals surface area contributed by atoms with Crippen molar-refractivity contribution in [1.82, 2.24) is 0 Å². The monoisotopic (exact) mass is 246 g/mol. The van der Waals surface area contributed by atoms with Gasteiger partial charge in [-0.3, -0.25) is 0 Å². The Labute approximate surface area is 109 Å². The Morgan fingerprint density at radius 1 is 0.944 bits per heavy atom. The molecule has 0 aliphatic carbocycles. The average Bonchev–Trinajstić information content (AvgIpc) is 2.38. The van der Waals surface area contributed by atoms with E-state index in [0.717, 1.165) is 12.8 Å². The smallest absolute Gasteiger partial charge is 0.0881 e. The topological polar surface area (TPSA) is 18.5 Å². The summed E-state index contributed by atoms with van der Waals surface area (Å²) in [6.45, 7) is 4.35. The Hall–Kier alpha value is -0.860. The van der Waals surface area contributed by atoms with Crippen molar-refractivity contribution in [2.45, 2.75) is 57.5 Å². The van der Waals surface area contributed by atoms with Crippen molar-refractivity contribution in [3.63, 3.8) is 0 Å². The van der Waals surface area contributed by atoms with Crippen LogP contribution < -0.4 is 0 Å². The van der Waals surface area contributed by atoms with Crippen LogP contribution in [0, 0.1) is 5.92 Å². The highest BCUT2D eigenvalue weighted by Gasteiger charge is 2.41. The van der Waals surface area contributed by atoms with Gasteiger partial charge in [-0.05, 0) is 38.7 Å². The van der Waals surface area contributed by atoms with Crippen LogP contribution in [0.15, 0.2) is 30.3 Å². The van der Waals surface area contributed by atoms with Gasteiger partial charge in [-0.1, -0.05) is 30.3 Å². The fourth-order valence-corrected chi connectivity index (χ4v) is 3.36. The molecule has 2 heteroatoms. The molecule has 0 spiro atoms. The first-order valence-corrected chi connectivity index (χ1v) is 7.10. The van der Waals surface area contributed by atoms with Gasteiger partial charge in [0.15, 0.2) is 0 Å². The number of rotatable bonds is 1. The number of ether oxygens (including phenoxy) is 2. The molecule has 3 rings (SSSR count). The molecule has 2 aliphatic heterocycles. The molecule has 0 N–H and O–H groups in total. The Morgan fingerprint density at radius 2 is 1.72 bits per heavy atom. The van der Waals surface area contributed by atoms with Gasteiger partial charge in [0.2, 0.25) is 0 Å². The maximum Gasteiger partial charge on any atom is 0.0881 e. The summed E-state index contributed by atoms with van der Waals surface area (Å²) in [7, 11) is 0. The summed E-state index contributed by atoms with van der Waals surface area (Å²) in [5, 5.41) is 0. The van der Waals surface area contributed by atoms with Gasteiger partial charge in [0, 0.05) is 5.92 Å². The number of hydrogen-bond acceptors (Lipinski definition) is 2. The van der Waals surface area contributed by atoms with Gasteiger partial charge in [0.1, 0.15) is 0 Å².